The molecule has 2 N–H and O–H groups in total. The number of ether oxygens (including phenoxy) is 1. The first-order valence-corrected chi connectivity index (χ1v) is 9.63. The molecular formula is C22H17Cl2N3O3. The maximum atomic E-state index is 11.9. The number of hydrogen-bond donors (Lipinski definition) is 2. The van der Waals surface area contributed by atoms with Crippen molar-refractivity contribution in [2.75, 3.05) is 5.32 Å². The van der Waals surface area contributed by atoms with Gasteiger partial charge in [0.2, 0.25) is 0 Å². The molecule has 0 aliphatic heterocycles. The Balaban J connectivity index is 1.52. The molecule has 0 atom stereocenters. The van der Waals surface area contributed by atoms with Crippen LogP contribution >= 0.6 is 23.2 Å². The van der Waals surface area contributed by atoms with Crippen LogP contribution in [0.5, 0.6) is 5.75 Å². The lowest BCUT2D eigenvalue weighted by Crippen LogP contribution is -2.32. The maximum Gasteiger partial charge on any atom is 0.329 e. The van der Waals surface area contributed by atoms with E-state index < -0.39 is 11.8 Å². The predicted molar refractivity (Wildman–Crippen MR) is 118 cm³/mol. The van der Waals surface area contributed by atoms with Crippen LogP contribution in [0.15, 0.2) is 77.9 Å². The van der Waals surface area contributed by atoms with E-state index in [0.29, 0.717) is 33.7 Å². The van der Waals surface area contributed by atoms with Gasteiger partial charge in [-0.25, -0.2) is 5.43 Å². The zero-order valence-electron chi connectivity index (χ0n) is 15.6. The van der Waals surface area contributed by atoms with Gasteiger partial charge in [0.25, 0.3) is 0 Å². The highest BCUT2D eigenvalue weighted by Gasteiger charge is 2.12. The molecule has 0 spiro atoms. The molecule has 30 heavy (non-hydrogen) atoms. The van der Waals surface area contributed by atoms with Crippen molar-refractivity contribution in [3.63, 3.8) is 0 Å². The molecule has 0 aromatic heterocycles. The van der Waals surface area contributed by atoms with E-state index in [0.717, 1.165) is 5.56 Å². The molecule has 0 radical (unpaired) electrons. The van der Waals surface area contributed by atoms with E-state index >= 15 is 0 Å². The van der Waals surface area contributed by atoms with Gasteiger partial charge in [-0.15, -0.1) is 0 Å². The molecule has 152 valence electrons. The van der Waals surface area contributed by atoms with E-state index in [1.54, 1.807) is 54.6 Å². The van der Waals surface area contributed by atoms with Crippen LogP contribution in [0.1, 0.15) is 11.1 Å². The summed E-state index contributed by atoms with van der Waals surface area (Å²) in [4.78, 5) is 23.7. The highest BCUT2D eigenvalue weighted by molar-refractivity contribution is 6.39. The fourth-order valence-corrected chi connectivity index (χ4v) is 2.71. The summed E-state index contributed by atoms with van der Waals surface area (Å²) >= 11 is 11.9. The molecule has 6 nitrogen and oxygen atoms in total. The Bertz CT molecular complexity index is 1070. The fourth-order valence-electron chi connectivity index (χ4n) is 2.40. The monoisotopic (exact) mass is 441 g/mol. The SMILES string of the molecule is O=C(N/N=C/c1cccc(OCc2ccccc2Cl)c1)C(=O)Nc1ccc(Cl)cc1. The summed E-state index contributed by atoms with van der Waals surface area (Å²) in [7, 11) is 0. The maximum absolute atomic E-state index is 11.9. The van der Waals surface area contributed by atoms with Crippen molar-refractivity contribution >= 4 is 46.9 Å². The minimum absolute atomic E-state index is 0.321. The van der Waals surface area contributed by atoms with Gasteiger partial charge in [0, 0.05) is 21.3 Å². The molecular weight excluding hydrogens is 425 g/mol. The average Bonchev–Trinajstić information content (AvgIpc) is 2.75. The van der Waals surface area contributed by atoms with Crippen molar-refractivity contribution < 1.29 is 14.3 Å². The van der Waals surface area contributed by atoms with Gasteiger partial charge in [0.05, 0.1) is 6.21 Å². The van der Waals surface area contributed by atoms with E-state index in [1.165, 1.54) is 6.21 Å². The van der Waals surface area contributed by atoms with Crippen LogP contribution in [0.3, 0.4) is 0 Å². The smallest absolute Gasteiger partial charge is 0.329 e. The van der Waals surface area contributed by atoms with Crippen LogP contribution < -0.4 is 15.5 Å². The minimum atomic E-state index is -0.896. The zero-order chi connectivity index (χ0) is 21.3. The van der Waals surface area contributed by atoms with E-state index in [-0.39, 0.29) is 0 Å². The Morgan fingerprint density at radius 3 is 2.47 bits per heavy atom. The predicted octanol–water partition coefficient (Wildman–Crippen LogP) is 4.66. The van der Waals surface area contributed by atoms with Crippen LogP contribution in [-0.2, 0) is 16.2 Å². The van der Waals surface area contributed by atoms with E-state index in [1.807, 2.05) is 18.2 Å². The molecule has 8 heteroatoms. The molecule has 3 aromatic rings. The molecule has 0 fully saturated rings. The standard InChI is InChI=1S/C22H17Cl2N3O3/c23-17-8-10-18(11-9-17)26-21(28)22(29)27-25-13-15-4-3-6-19(12-15)30-14-16-5-1-2-7-20(16)24/h1-13H,14H2,(H,26,28)(H,27,29)/b25-13+. The number of amides is 2. The van der Waals surface area contributed by atoms with E-state index in [2.05, 4.69) is 15.8 Å². The highest BCUT2D eigenvalue weighted by atomic mass is 35.5. The summed E-state index contributed by atoms with van der Waals surface area (Å²) in [5.41, 5.74) is 4.19. The molecule has 3 aromatic carbocycles. The highest BCUT2D eigenvalue weighted by Crippen LogP contribution is 2.19. The van der Waals surface area contributed by atoms with Crippen LogP contribution in [0.2, 0.25) is 10.0 Å². The van der Waals surface area contributed by atoms with Crippen molar-refractivity contribution in [1.29, 1.82) is 0 Å². The average molecular weight is 442 g/mol. The summed E-state index contributed by atoms with van der Waals surface area (Å²) in [6, 6.07) is 20.9. The number of benzene rings is 3. The van der Waals surface area contributed by atoms with Crippen LogP contribution in [0.4, 0.5) is 5.69 Å². The third kappa shape index (κ3) is 6.34. The van der Waals surface area contributed by atoms with Crippen LogP contribution in [-0.4, -0.2) is 18.0 Å². The second kappa shape index (κ2) is 10.4. The summed E-state index contributed by atoms with van der Waals surface area (Å²) in [5.74, 6) is -1.12. The van der Waals surface area contributed by atoms with Gasteiger partial charge in [-0.1, -0.05) is 53.5 Å². The second-order valence-electron chi connectivity index (χ2n) is 6.11. The molecule has 2 amide bonds. The molecule has 0 saturated carbocycles. The van der Waals surface area contributed by atoms with E-state index in [9.17, 15) is 9.59 Å². The Kier molecular flexibility index (Phi) is 7.43. The quantitative estimate of drug-likeness (QED) is 0.331. The molecule has 0 aliphatic carbocycles. The lowest BCUT2D eigenvalue weighted by Gasteiger charge is -2.08. The number of nitrogens with one attached hydrogen (secondary N) is 2. The Morgan fingerprint density at radius 1 is 0.933 bits per heavy atom. The van der Waals surface area contributed by atoms with Gasteiger partial charge in [0.1, 0.15) is 12.4 Å². The number of hydrogen-bond acceptors (Lipinski definition) is 4. The van der Waals surface area contributed by atoms with Crippen LogP contribution in [0.25, 0.3) is 0 Å². The fraction of sp³-hybridized carbons (Fsp3) is 0.0455. The topological polar surface area (TPSA) is 79.8 Å². The van der Waals surface area contributed by atoms with Crippen LogP contribution in [0, 0.1) is 0 Å². The number of halogens is 2. The number of anilines is 1. The minimum Gasteiger partial charge on any atom is -0.489 e. The first kappa shape index (κ1) is 21.4. The summed E-state index contributed by atoms with van der Waals surface area (Å²) in [6.07, 6.45) is 1.41. The molecule has 0 bridgehead atoms. The van der Waals surface area contributed by atoms with Gasteiger partial charge in [-0.05, 0) is 48.0 Å². The van der Waals surface area contributed by atoms with Gasteiger partial charge in [0.15, 0.2) is 0 Å². The van der Waals surface area contributed by atoms with Crippen molar-refractivity contribution in [1.82, 2.24) is 5.43 Å². The van der Waals surface area contributed by atoms with Crippen molar-refractivity contribution in [3.8, 4) is 5.75 Å². The number of carbonyl (C=O) groups is 2. The number of rotatable bonds is 6. The summed E-state index contributed by atoms with van der Waals surface area (Å²) in [5, 5.41) is 7.42. The van der Waals surface area contributed by atoms with Crippen molar-refractivity contribution in [2.24, 2.45) is 5.10 Å². The van der Waals surface area contributed by atoms with Gasteiger partial charge < -0.3 is 10.1 Å². The first-order chi connectivity index (χ1) is 14.5. The Labute approximate surface area is 183 Å². The zero-order valence-corrected chi connectivity index (χ0v) is 17.2. The third-order valence-electron chi connectivity index (χ3n) is 3.90. The number of carbonyl (C=O) groups excluding carboxylic acids is 2. The molecule has 0 saturated heterocycles. The largest absolute Gasteiger partial charge is 0.489 e. The van der Waals surface area contributed by atoms with Crippen molar-refractivity contribution in [2.45, 2.75) is 6.61 Å². The van der Waals surface area contributed by atoms with Gasteiger partial charge >= 0.3 is 11.8 Å². The van der Waals surface area contributed by atoms with Crippen molar-refractivity contribution in [3.05, 3.63) is 94.0 Å². The normalized spacial score (nSPS) is 10.6. The first-order valence-electron chi connectivity index (χ1n) is 8.87. The molecule has 0 unspecified atom stereocenters. The second-order valence-corrected chi connectivity index (χ2v) is 6.96. The molecule has 0 aliphatic rings. The number of nitrogens with zero attached hydrogens (tertiary/aromatic N) is 1. The number of hydrazone groups is 1. The van der Waals surface area contributed by atoms with E-state index in [4.69, 9.17) is 27.9 Å². The third-order valence-corrected chi connectivity index (χ3v) is 4.52. The van der Waals surface area contributed by atoms with Gasteiger partial charge in [-0.3, -0.25) is 9.59 Å². The lowest BCUT2D eigenvalue weighted by atomic mass is 10.2. The Hall–Kier alpha value is -3.35. The summed E-state index contributed by atoms with van der Waals surface area (Å²) < 4.78 is 5.75. The van der Waals surface area contributed by atoms with Gasteiger partial charge in [-0.2, -0.15) is 5.10 Å². The Morgan fingerprint density at radius 2 is 1.70 bits per heavy atom. The molecule has 0 heterocycles. The molecule has 3 rings (SSSR count). The lowest BCUT2D eigenvalue weighted by molar-refractivity contribution is -0.136. The summed E-state index contributed by atoms with van der Waals surface area (Å²) in [6.45, 7) is 0.321.